The van der Waals surface area contributed by atoms with Crippen LogP contribution in [0.15, 0.2) is 83.8 Å². The largest absolute Gasteiger partial charge is 0.345 e. The monoisotopic (exact) mass is 434 g/mol. The van der Waals surface area contributed by atoms with Crippen LogP contribution >= 0.6 is 23.4 Å². The number of para-hydroxylation sites is 1. The molecule has 4 nitrogen and oxygen atoms in total. The summed E-state index contributed by atoms with van der Waals surface area (Å²) >= 11 is 6.97. The molecule has 0 atom stereocenters. The van der Waals surface area contributed by atoms with E-state index in [1.165, 1.54) is 4.90 Å². The fourth-order valence-corrected chi connectivity index (χ4v) is 4.25. The van der Waals surface area contributed by atoms with E-state index in [-0.39, 0.29) is 17.7 Å². The van der Waals surface area contributed by atoms with Gasteiger partial charge >= 0.3 is 0 Å². The number of anilines is 2. The molecule has 1 aliphatic heterocycles. The van der Waals surface area contributed by atoms with Crippen LogP contribution in [0.5, 0.6) is 0 Å². The van der Waals surface area contributed by atoms with Crippen molar-refractivity contribution in [3.8, 4) is 0 Å². The molecule has 1 fully saturated rings. The first-order valence-corrected chi connectivity index (χ1v) is 10.6. The summed E-state index contributed by atoms with van der Waals surface area (Å²) in [5.74, 6) is -0.282. The van der Waals surface area contributed by atoms with Crippen LogP contribution in [0, 0.1) is 0 Å². The van der Waals surface area contributed by atoms with Gasteiger partial charge in [-0.05, 0) is 65.4 Å². The molecule has 2 amide bonds. The molecule has 1 saturated heterocycles. The van der Waals surface area contributed by atoms with Gasteiger partial charge in [0.25, 0.3) is 11.1 Å². The molecule has 0 radical (unpaired) electrons. The van der Waals surface area contributed by atoms with Crippen molar-refractivity contribution in [3.63, 3.8) is 0 Å². The summed E-state index contributed by atoms with van der Waals surface area (Å²) in [6.07, 6.45) is 1.76. The third-order valence-corrected chi connectivity index (χ3v) is 5.97. The van der Waals surface area contributed by atoms with Crippen LogP contribution in [-0.4, -0.2) is 23.1 Å². The van der Waals surface area contributed by atoms with E-state index in [0.717, 1.165) is 34.3 Å². The van der Waals surface area contributed by atoms with E-state index in [1.54, 1.807) is 24.3 Å². The second-order valence-electron chi connectivity index (χ2n) is 6.88. The number of nitrogens with zero attached hydrogens (tertiary/aromatic N) is 2. The summed E-state index contributed by atoms with van der Waals surface area (Å²) in [6, 6.07) is 25.1. The molecule has 0 spiro atoms. The van der Waals surface area contributed by atoms with Crippen LogP contribution in [0.25, 0.3) is 6.08 Å². The van der Waals surface area contributed by atoms with Crippen molar-refractivity contribution < 1.29 is 9.59 Å². The van der Waals surface area contributed by atoms with Crippen molar-refractivity contribution >= 4 is 52.0 Å². The van der Waals surface area contributed by atoms with Crippen molar-refractivity contribution in [2.45, 2.75) is 6.54 Å². The molecule has 1 heterocycles. The topological polar surface area (TPSA) is 40.6 Å². The summed E-state index contributed by atoms with van der Waals surface area (Å²) in [5, 5.41) is 0.308. The predicted molar refractivity (Wildman–Crippen MR) is 124 cm³/mol. The van der Waals surface area contributed by atoms with Gasteiger partial charge in [0.05, 0.1) is 11.4 Å². The second kappa shape index (κ2) is 8.78. The Morgan fingerprint density at radius 1 is 0.933 bits per heavy atom. The number of benzene rings is 3. The second-order valence-corrected chi connectivity index (χ2v) is 8.31. The Balaban J connectivity index is 1.49. The van der Waals surface area contributed by atoms with Crippen molar-refractivity contribution in [2.75, 3.05) is 11.9 Å². The lowest BCUT2D eigenvalue weighted by atomic mass is 10.1. The molecule has 0 aliphatic carbocycles. The van der Waals surface area contributed by atoms with E-state index in [2.05, 4.69) is 4.90 Å². The zero-order valence-corrected chi connectivity index (χ0v) is 17.9. The number of rotatable bonds is 5. The molecule has 6 heteroatoms. The van der Waals surface area contributed by atoms with E-state index in [9.17, 15) is 9.59 Å². The number of hydrogen-bond acceptors (Lipinski definition) is 4. The highest BCUT2D eigenvalue weighted by Crippen LogP contribution is 2.34. The number of carbonyl (C=O) groups is 2. The standard InChI is InChI=1S/C24H19ClN2O2S/c1-26(20-8-3-2-4-9-20)21-12-10-17(11-13-21)15-22-23(28)27(24(29)30-22)16-18-6-5-7-19(25)14-18/h2-15H,16H2,1H3/b22-15-. The molecular weight excluding hydrogens is 416 g/mol. The van der Waals surface area contributed by atoms with Crippen molar-refractivity contribution in [1.82, 2.24) is 4.90 Å². The molecule has 3 aromatic carbocycles. The first-order valence-electron chi connectivity index (χ1n) is 9.40. The summed E-state index contributed by atoms with van der Waals surface area (Å²) in [7, 11) is 2.01. The van der Waals surface area contributed by atoms with Gasteiger partial charge in [0.2, 0.25) is 0 Å². The zero-order chi connectivity index (χ0) is 21.1. The Morgan fingerprint density at radius 3 is 2.33 bits per heavy atom. The average Bonchev–Trinajstić information content (AvgIpc) is 3.02. The Hall–Kier alpha value is -3.02. The molecule has 0 unspecified atom stereocenters. The lowest BCUT2D eigenvalue weighted by molar-refractivity contribution is -0.123. The van der Waals surface area contributed by atoms with Crippen LogP contribution < -0.4 is 4.90 Å². The molecule has 3 aromatic rings. The van der Waals surface area contributed by atoms with Gasteiger partial charge in [0.15, 0.2) is 0 Å². The minimum Gasteiger partial charge on any atom is -0.345 e. The van der Waals surface area contributed by atoms with Crippen molar-refractivity contribution in [2.24, 2.45) is 0 Å². The van der Waals surface area contributed by atoms with Crippen molar-refractivity contribution in [1.29, 1.82) is 0 Å². The lowest BCUT2D eigenvalue weighted by Crippen LogP contribution is -2.27. The minimum absolute atomic E-state index is 0.212. The minimum atomic E-state index is -0.282. The summed E-state index contributed by atoms with van der Waals surface area (Å²) < 4.78 is 0. The Labute approximate surface area is 184 Å². The average molecular weight is 435 g/mol. The Morgan fingerprint density at radius 2 is 1.63 bits per heavy atom. The maximum absolute atomic E-state index is 12.7. The maximum atomic E-state index is 12.7. The van der Waals surface area contributed by atoms with Crippen LogP contribution in [0.2, 0.25) is 5.02 Å². The van der Waals surface area contributed by atoms with E-state index in [4.69, 9.17) is 11.6 Å². The number of thioether (sulfide) groups is 1. The molecular formula is C24H19ClN2O2S. The molecule has 0 saturated carbocycles. The fourth-order valence-electron chi connectivity index (χ4n) is 3.20. The van der Waals surface area contributed by atoms with E-state index >= 15 is 0 Å². The summed E-state index contributed by atoms with van der Waals surface area (Å²) in [4.78, 5) is 28.9. The molecule has 1 aliphatic rings. The van der Waals surface area contributed by atoms with E-state index < -0.39 is 0 Å². The number of halogens is 1. The van der Waals surface area contributed by atoms with Crippen LogP contribution in [0.1, 0.15) is 11.1 Å². The van der Waals surface area contributed by atoms with Gasteiger partial charge in [-0.1, -0.05) is 54.1 Å². The third kappa shape index (κ3) is 4.42. The molecule has 4 rings (SSSR count). The van der Waals surface area contributed by atoms with Crippen LogP contribution in [-0.2, 0) is 11.3 Å². The molecule has 0 aromatic heterocycles. The zero-order valence-electron chi connectivity index (χ0n) is 16.3. The number of amides is 2. The summed E-state index contributed by atoms with van der Waals surface area (Å²) in [6.45, 7) is 0.212. The smallest absolute Gasteiger partial charge is 0.293 e. The van der Waals surface area contributed by atoms with Crippen LogP contribution in [0.3, 0.4) is 0 Å². The van der Waals surface area contributed by atoms with Gasteiger partial charge in [-0.15, -0.1) is 0 Å². The Bertz CT molecular complexity index is 1110. The number of imide groups is 1. The SMILES string of the molecule is CN(c1ccccc1)c1ccc(/C=C2\SC(=O)N(Cc3cccc(Cl)c3)C2=O)cc1. The first kappa shape index (κ1) is 20.3. The number of carbonyl (C=O) groups excluding carboxylic acids is 2. The normalized spacial score (nSPS) is 15.1. The molecule has 0 bridgehead atoms. The van der Waals surface area contributed by atoms with Gasteiger partial charge in [-0.25, -0.2) is 0 Å². The van der Waals surface area contributed by atoms with Gasteiger partial charge in [0, 0.05) is 23.4 Å². The maximum Gasteiger partial charge on any atom is 0.293 e. The predicted octanol–water partition coefficient (Wildman–Crippen LogP) is 6.34. The highest BCUT2D eigenvalue weighted by molar-refractivity contribution is 8.18. The van der Waals surface area contributed by atoms with Gasteiger partial charge in [0.1, 0.15) is 0 Å². The highest BCUT2D eigenvalue weighted by atomic mass is 35.5. The first-order chi connectivity index (χ1) is 14.5. The molecule has 150 valence electrons. The van der Waals surface area contributed by atoms with Crippen molar-refractivity contribution in [3.05, 3.63) is 99.9 Å². The van der Waals surface area contributed by atoms with E-state index in [0.29, 0.717) is 9.93 Å². The fraction of sp³-hybridized carbons (Fsp3) is 0.0833. The highest BCUT2D eigenvalue weighted by Gasteiger charge is 2.34. The Kier molecular flexibility index (Phi) is 5.93. The van der Waals surface area contributed by atoms with Gasteiger partial charge in [-0.3, -0.25) is 14.5 Å². The van der Waals surface area contributed by atoms with Gasteiger partial charge in [-0.2, -0.15) is 0 Å². The molecule has 30 heavy (non-hydrogen) atoms. The van der Waals surface area contributed by atoms with Gasteiger partial charge < -0.3 is 4.90 Å². The summed E-state index contributed by atoms with van der Waals surface area (Å²) in [5.41, 5.74) is 3.81. The molecule has 0 N–H and O–H groups in total. The van der Waals surface area contributed by atoms with Crippen LogP contribution in [0.4, 0.5) is 16.2 Å². The van der Waals surface area contributed by atoms with E-state index in [1.807, 2.05) is 67.7 Å². The lowest BCUT2D eigenvalue weighted by Gasteiger charge is -2.19. The quantitative estimate of drug-likeness (QED) is 0.439. The number of hydrogen-bond donors (Lipinski definition) is 0. The third-order valence-electron chi connectivity index (χ3n) is 4.82.